The third-order valence-electron chi connectivity index (χ3n) is 5.23. The predicted molar refractivity (Wildman–Crippen MR) is 143 cm³/mol. The van der Waals surface area contributed by atoms with E-state index in [4.69, 9.17) is 24.2 Å². The van der Waals surface area contributed by atoms with Gasteiger partial charge in [-0.3, -0.25) is 10.1 Å². The largest absolute Gasteiger partial charge is 0.491 e. The van der Waals surface area contributed by atoms with Crippen LogP contribution in [0.15, 0.2) is 78.9 Å². The van der Waals surface area contributed by atoms with E-state index in [1.165, 1.54) is 0 Å². The minimum atomic E-state index is -1.00. The third kappa shape index (κ3) is 8.73. The number of carbonyl (C=O) groups excluding carboxylic acids is 2. The van der Waals surface area contributed by atoms with Gasteiger partial charge in [0.25, 0.3) is 0 Å². The van der Waals surface area contributed by atoms with Gasteiger partial charge in [-0.1, -0.05) is 36.4 Å². The zero-order valence-electron chi connectivity index (χ0n) is 20.5. The molecule has 198 valence electrons. The molecule has 3 aromatic rings. The second-order valence-electron chi connectivity index (χ2n) is 7.89. The van der Waals surface area contributed by atoms with Crippen LogP contribution in [-0.2, 0) is 14.3 Å². The molecule has 3 aromatic carbocycles. The molecule has 0 fully saturated rings. The molecule has 9 nitrogen and oxygen atoms in total. The summed E-state index contributed by atoms with van der Waals surface area (Å²) in [4.78, 5) is 24.7. The number of ether oxygens (including phenoxy) is 4. The number of aliphatic hydroxyl groups excluding tert-OH is 1. The maximum absolute atomic E-state index is 13.0. The molecule has 1 amide bonds. The van der Waals surface area contributed by atoms with E-state index >= 15 is 0 Å². The van der Waals surface area contributed by atoms with Crippen LogP contribution in [0.4, 0.5) is 10.5 Å². The molecule has 0 bridgehead atoms. The van der Waals surface area contributed by atoms with E-state index in [0.717, 1.165) is 0 Å². The average Bonchev–Trinajstić information content (AvgIpc) is 2.95. The Morgan fingerprint density at radius 1 is 0.974 bits per heavy atom. The number of nitriles is 1. The van der Waals surface area contributed by atoms with Gasteiger partial charge in [-0.05, 0) is 42.5 Å². The van der Waals surface area contributed by atoms with Crippen molar-refractivity contribution in [2.75, 3.05) is 30.9 Å². The number of hydrogen-bond donors (Lipinski definition) is 3. The van der Waals surface area contributed by atoms with E-state index in [9.17, 15) is 14.7 Å². The van der Waals surface area contributed by atoms with E-state index in [-0.39, 0.29) is 32.0 Å². The number of nitrogens with one attached hydrogen (secondary N) is 1. The molecule has 0 aliphatic rings. The molecule has 0 saturated heterocycles. The minimum absolute atomic E-state index is 0.00629. The summed E-state index contributed by atoms with van der Waals surface area (Å²) < 4.78 is 23.1. The molecule has 0 saturated carbocycles. The van der Waals surface area contributed by atoms with Gasteiger partial charge in [0.15, 0.2) is 6.10 Å². The van der Waals surface area contributed by atoms with Crippen LogP contribution in [0.25, 0.3) is 0 Å². The summed E-state index contributed by atoms with van der Waals surface area (Å²) in [5, 5.41) is 20.9. The van der Waals surface area contributed by atoms with Crippen molar-refractivity contribution in [2.24, 2.45) is 0 Å². The number of para-hydroxylation sites is 2. The van der Waals surface area contributed by atoms with Crippen molar-refractivity contribution in [3.8, 4) is 17.6 Å². The fourth-order valence-electron chi connectivity index (χ4n) is 3.51. The number of esters is 1. The second kappa shape index (κ2) is 15.1. The van der Waals surface area contributed by atoms with Crippen molar-refractivity contribution in [3.63, 3.8) is 0 Å². The summed E-state index contributed by atoms with van der Waals surface area (Å²) >= 11 is 3.93. The van der Waals surface area contributed by atoms with Gasteiger partial charge in [-0.25, -0.2) is 4.79 Å². The lowest BCUT2D eigenvalue weighted by atomic mass is 10.0. The summed E-state index contributed by atoms with van der Waals surface area (Å²) in [7, 11) is 0. The predicted octanol–water partition coefficient (Wildman–Crippen LogP) is 4.53. The molecule has 3 rings (SSSR count). The van der Waals surface area contributed by atoms with Crippen LogP contribution in [0.2, 0.25) is 0 Å². The monoisotopic (exact) mass is 536 g/mol. The van der Waals surface area contributed by atoms with Gasteiger partial charge < -0.3 is 24.1 Å². The number of benzene rings is 3. The zero-order chi connectivity index (χ0) is 27.2. The highest BCUT2D eigenvalue weighted by Crippen LogP contribution is 2.34. The number of thiol groups is 1. The highest BCUT2D eigenvalue weighted by molar-refractivity contribution is 7.81. The molecule has 2 N–H and O–H groups in total. The van der Waals surface area contributed by atoms with Gasteiger partial charge in [0.1, 0.15) is 24.2 Å². The fraction of sp³-hybridized carbons (Fsp3) is 0.250. The summed E-state index contributed by atoms with van der Waals surface area (Å²) in [5.74, 6) is 0.351. The lowest BCUT2D eigenvalue weighted by Crippen LogP contribution is -2.32. The number of amides is 1. The number of aliphatic hydroxyl groups is 1. The van der Waals surface area contributed by atoms with Crippen LogP contribution in [-0.4, -0.2) is 48.8 Å². The Morgan fingerprint density at radius 2 is 1.68 bits per heavy atom. The second-order valence-corrected chi connectivity index (χ2v) is 8.20. The number of rotatable bonds is 13. The van der Waals surface area contributed by atoms with E-state index in [2.05, 4.69) is 17.9 Å². The van der Waals surface area contributed by atoms with Crippen molar-refractivity contribution < 1.29 is 33.6 Å². The van der Waals surface area contributed by atoms with Crippen molar-refractivity contribution in [2.45, 2.75) is 18.6 Å². The highest BCUT2D eigenvalue weighted by atomic mass is 32.1. The summed E-state index contributed by atoms with van der Waals surface area (Å²) in [6.45, 7) is -0.179. The first-order valence-electron chi connectivity index (χ1n) is 11.8. The average molecular weight is 537 g/mol. The van der Waals surface area contributed by atoms with Crippen molar-refractivity contribution >= 4 is 30.4 Å². The first-order chi connectivity index (χ1) is 18.5. The summed E-state index contributed by atoms with van der Waals surface area (Å²) in [6, 6.07) is 24.2. The Kier molecular flexibility index (Phi) is 11.3. The first kappa shape index (κ1) is 28.4. The Bertz CT molecular complexity index is 1220. The van der Waals surface area contributed by atoms with Crippen LogP contribution in [0.5, 0.6) is 11.5 Å². The van der Waals surface area contributed by atoms with Crippen molar-refractivity contribution in [1.82, 2.24) is 0 Å². The Morgan fingerprint density at radius 3 is 2.37 bits per heavy atom. The molecule has 38 heavy (non-hydrogen) atoms. The van der Waals surface area contributed by atoms with Gasteiger partial charge >= 0.3 is 12.1 Å². The van der Waals surface area contributed by atoms with Crippen molar-refractivity contribution in [3.05, 3.63) is 90.0 Å². The Labute approximate surface area is 226 Å². The Hall–Kier alpha value is -4.20. The molecule has 10 heteroatoms. The quantitative estimate of drug-likeness (QED) is 0.215. The van der Waals surface area contributed by atoms with Gasteiger partial charge in [-0.15, -0.1) is 0 Å². The number of carbonyl (C=O) groups is 2. The molecular formula is C28H28N2O7S. The van der Waals surface area contributed by atoms with Gasteiger partial charge in [-0.2, -0.15) is 17.9 Å². The van der Waals surface area contributed by atoms with E-state index in [1.807, 2.05) is 12.1 Å². The number of hydrogen-bond acceptors (Lipinski definition) is 9. The third-order valence-corrected chi connectivity index (χ3v) is 5.49. The topological polar surface area (TPSA) is 127 Å². The van der Waals surface area contributed by atoms with Gasteiger partial charge in [0.05, 0.1) is 30.6 Å². The fourth-order valence-corrected chi connectivity index (χ4v) is 3.60. The molecule has 0 unspecified atom stereocenters. The lowest BCUT2D eigenvalue weighted by Gasteiger charge is -2.29. The van der Waals surface area contributed by atoms with Crippen LogP contribution in [0.3, 0.4) is 0 Å². The standard InChI is InChI=1S/C28H28N2O7S/c29-18-20-10-12-21(13-11-20)30-28(33)37-27(23-8-4-5-9-24(23)34-17-15-31)25(14-16-35-26(32)19-38)36-22-6-2-1-3-7-22/h1-13,25,27,31,38H,14-17,19H2,(H,30,33)/t25-,27-/m1/s1. The van der Waals surface area contributed by atoms with E-state index in [1.54, 1.807) is 72.8 Å². The van der Waals surface area contributed by atoms with Gasteiger partial charge in [0, 0.05) is 17.7 Å². The molecular weight excluding hydrogens is 508 g/mol. The molecule has 2 atom stereocenters. The molecule has 0 aliphatic heterocycles. The van der Waals surface area contributed by atoms with Gasteiger partial charge in [0.2, 0.25) is 0 Å². The van der Waals surface area contributed by atoms with Crippen LogP contribution in [0.1, 0.15) is 23.7 Å². The molecule has 0 radical (unpaired) electrons. The number of anilines is 1. The van der Waals surface area contributed by atoms with Crippen LogP contribution in [0, 0.1) is 11.3 Å². The maximum atomic E-state index is 13.0. The summed E-state index contributed by atoms with van der Waals surface area (Å²) in [6.07, 6.45) is -2.39. The minimum Gasteiger partial charge on any atom is -0.491 e. The van der Waals surface area contributed by atoms with Crippen molar-refractivity contribution in [1.29, 1.82) is 5.26 Å². The SMILES string of the molecule is N#Cc1ccc(NC(=O)O[C@H](c2ccccc2OCCO)[C@@H](CCOC(=O)CS)Oc2ccccc2)cc1. The molecule has 0 spiro atoms. The van der Waals surface area contributed by atoms with E-state index < -0.39 is 24.3 Å². The molecule has 0 aromatic heterocycles. The smallest absolute Gasteiger partial charge is 0.412 e. The van der Waals surface area contributed by atoms with Crippen LogP contribution < -0.4 is 14.8 Å². The first-order valence-corrected chi connectivity index (χ1v) is 12.5. The molecule has 0 heterocycles. The maximum Gasteiger partial charge on any atom is 0.412 e. The zero-order valence-corrected chi connectivity index (χ0v) is 21.4. The lowest BCUT2D eigenvalue weighted by molar-refractivity contribution is -0.141. The highest BCUT2D eigenvalue weighted by Gasteiger charge is 2.32. The summed E-state index contributed by atoms with van der Waals surface area (Å²) in [5.41, 5.74) is 1.38. The van der Waals surface area contributed by atoms with E-state index in [0.29, 0.717) is 28.3 Å². The Balaban J connectivity index is 1.93. The normalized spacial score (nSPS) is 11.9. The molecule has 0 aliphatic carbocycles. The number of nitrogens with zero attached hydrogens (tertiary/aromatic N) is 1. The van der Waals surface area contributed by atoms with Crippen LogP contribution >= 0.6 is 12.6 Å².